The third-order valence-electron chi connectivity index (χ3n) is 3.89. The molecule has 0 spiro atoms. The fraction of sp³-hybridized carbons (Fsp3) is 0.263. The number of nitrogens with one attached hydrogen (secondary N) is 1. The van der Waals surface area contributed by atoms with Gasteiger partial charge in [-0.1, -0.05) is 41.4 Å². The topological polar surface area (TPSA) is 55.4 Å². The van der Waals surface area contributed by atoms with E-state index in [-0.39, 0.29) is 16.6 Å². The Bertz CT molecular complexity index is 805. The number of rotatable bonds is 5. The summed E-state index contributed by atoms with van der Waals surface area (Å²) < 4.78 is 5.01. The minimum atomic E-state index is -0.693. The third kappa shape index (κ3) is 5.21. The van der Waals surface area contributed by atoms with E-state index in [0.717, 1.165) is 11.1 Å². The Labute approximate surface area is 157 Å². The van der Waals surface area contributed by atoms with Crippen molar-refractivity contribution in [3.05, 3.63) is 68.7 Å². The molecule has 0 fully saturated rings. The first-order valence-corrected chi connectivity index (χ1v) is 8.52. The number of amides is 1. The Morgan fingerprint density at radius 2 is 1.80 bits per heavy atom. The molecule has 25 heavy (non-hydrogen) atoms. The zero-order valence-corrected chi connectivity index (χ0v) is 15.7. The van der Waals surface area contributed by atoms with Crippen LogP contribution < -0.4 is 5.32 Å². The van der Waals surface area contributed by atoms with Crippen molar-refractivity contribution >= 4 is 35.1 Å². The standard InChI is InChI=1S/C19H19Cl2NO3/c1-11-4-5-14(8-12(11)2)13(3)22-18(23)10-25-19(24)16-9-15(20)6-7-17(16)21/h4-9,13H,10H2,1-3H3,(H,22,23)/t13-/m0/s1. The van der Waals surface area contributed by atoms with Crippen LogP contribution in [0.4, 0.5) is 0 Å². The van der Waals surface area contributed by atoms with Gasteiger partial charge in [0.2, 0.25) is 0 Å². The Hall–Kier alpha value is -2.04. The first-order chi connectivity index (χ1) is 11.8. The molecule has 0 aliphatic rings. The van der Waals surface area contributed by atoms with Crippen molar-refractivity contribution in [1.29, 1.82) is 0 Å². The first-order valence-electron chi connectivity index (χ1n) is 7.76. The lowest BCUT2D eigenvalue weighted by atomic mass is 10.0. The molecule has 1 atom stereocenters. The minimum absolute atomic E-state index is 0.129. The summed E-state index contributed by atoms with van der Waals surface area (Å²) in [7, 11) is 0. The fourth-order valence-corrected chi connectivity index (χ4v) is 2.63. The molecular formula is C19H19Cl2NO3. The van der Waals surface area contributed by atoms with Gasteiger partial charge in [-0.15, -0.1) is 0 Å². The highest BCUT2D eigenvalue weighted by molar-refractivity contribution is 6.35. The Morgan fingerprint density at radius 3 is 2.48 bits per heavy atom. The van der Waals surface area contributed by atoms with E-state index >= 15 is 0 Å². The van der Waals surface area contributed by atoms with Gasteiger partial charge in [0.1, 0.15) is 0 Å². The van der Waals surface area contributed by atoms with Crippen molar-refractivity contribution in [3.8, 4) is 0 Å². The maximum absolute atomic E-state index is 12.0. The second kappa shape index (κ2) is 8.37. The summed E-state index contributed by atoms with van der Waals surface area (Å²) in [6, 6.07) is 10.3. The molecule has 2 aromatic rings. The lowest BCUT2D eigenvalue weighted by Crippen LogP contribution is -2.31. The minimum Gasteiger partial charge on any atom is -0.452 e. The molecule has 2 rings (SSSR count). The number of aryl methyl sites for hydroxylation is 2. The average molecular weight is 380 g/mol. The van der Waals surface area contributed by atoms with Crippen LogP contribution in [0.1, 0.15) is 40.0 Å². The van der Waals surface area contributed by atoms with E-state index in [0.29, 0.717) is 5.02 Å². The number of hydrogen-bond acceptors (Lipinski definition) is 3. The largest absolute Gasteiger partial charge is 0.452 e. The highest BCUT2D eigenvalue weighted by atomic mass is 35.5. The predicted molar refractivity (Wildman–Crippen MR) is 99.2 cm³/mol. The van der Waals surface area contributed by atoms with Crippen LogP contribution in [0.2, 0.25) is 10.0 Å². The molecule has 0 radical (unpaired) electrons. The van der Waals surface area contributed by atoms with E-state index in [9.17, 15) is 9.59 Å². The summed E-state index contributed by atoms with van der Waals surface area (Å²) in [6.07, 6.45) is 0. The van der Waals surface area contributed by atoms with Crippen LogP contribution in [0.15, 0.2) is 36.4 Å². The second-order valence-electron chi connectivity index (χ2n) is 5.83. The van der Waals surface area contributed by atoms with E-state index in [1.807, 2.05) is 39.0 Å². The molecular weight excluding hydrogens is 361 g/mol. The van der Waals surface area contributed by atoms with Gasteiger partial charge in [-0.2, -0.15) is 0 Å². The predicted octanol–water partition coefficient (Wildman–Crippen LogP) is 4.64. The van der Waals surface area contributed by atoms with Crippen molar-refractivity contribution in [2.24, 2.45) is 0 Å². The van der Waals surface area contributed by atoms with Crippen molar-refractivity contribution in [2.75, 3.05) is 6.61 Å². The molecule has 2 aromatic carbocycles. The van der Waals surface area contributed by atoms with E-state index < -0.39 is 18.5 Å². The van der Waals surface area contributed by atoms with Gasteiger partial charge in [0.15, 0.2) is 6.61 Å². The fourth-order valence-electron chi connectivity index (χ4n) is 2.26. The maximum atomic E-state index is 12.0. The number of hydrogen-bond donors (Lipinski definition) is 1. The van der Waals surface area contributed by atoms with Crippen LogP contribution >= 0.6 is 23.2 Å². The number of benzene rings is 2. The molecule has 0 aliphatic heterocycles. The molecule has 0 aromatic heterocycles. The quantitative estimate of drug-likeness (QED) is 0.769. The van der Waals surface area contributed by atoms with Gasteiger partial charge >= 0.3 is 5.97 Å². The summed E-state index contributed by atoms with van der Waals surface area (Å²) in [5.74, 6) is -1.08. The third-order valence-corrected chi connectivity index (χ3v) is 4.46. The normalized spacial score (nSPS) is 11.7. The first kappa shape index (κ1) is 19.3. The van der Waals surface area contributed by atoms with E-state index in [4.69, 9.17) is 27.9 Å². The highest BCUT2D eigenvalue weighted by Crippen LogP contribution is 2.21. The number of carbonyl (C=O) groups excluding carboxylic acids is 2. The van der Waals surface area contributed by atoms with Crippen molar-refractivity contribution in [3.63, 3.8) is 0 Å². The lowest BCUT2D eigenvalue weighted by molar-refractivity contribution is -0.124. The highest BCUT2D eigenvalue weighted by Gasteiger charge is 2.16. The van der Waals surface area contributed by atoms with Crippen LogP contribution in [-0.2, 0) is 9.53 Å². The summed E-state index contributed by atoms with van der Waals surface area (Å²) in [6.45, 7) is 5.53. The van der Waals surface area contributed by atoms with Crippen molar-refractivity contribution in [1.82, 2.24) is 5.32 Å². The summed E-state index contributed by atoms with van der Waals surface area (Å²) >= 11 is 11.8. The zero-order chi connectivity index (χ0) is 18.6. The summed E-state index contributed by atoms with van der Waals surface area (Å²) in [4.78, 5) is 24.0. The number of esters is 1. The van der Waals surface area contributed by atoms with Gasteiger partial charge in [0, 0.05) is 5.02 Å². The van der Waals surface area contributed by atoms with Gasteiger partial charge in [-0.3, -0.25) is 4.79 Å². The van der Waals surface area contributed by atoms with E-state index in [1.165, 1.54) is 17.7 Å². The van der Waals surface area contributed by atoms with Gasteiger partial charge in [0.05, 0.1) is 16.6 Å². The average Bonchev–Trinajstić information content (AvgIpc) is 2.57. The number of carbonyl (C=O) groups is 2. The van der Waals surface area contributed by atoms with E-state index in [2.05, 4.69) is 5.32 Å². The molecule has 0 bridgehead atoms. The SMILES string of the molecule is Cc1ccc([C@H](C)NC(=O)COC(=O)c2cc(Cl)ccc2Cl)cc1C. The summed E-state index contributed by atoms with van der Waals surface area (Å²) in [5.41, 5.74) is 3.46. The van der Waals surface area contributed by atoms with Crippen LogP contribution in [0.3, 0.4) is 0 Å². The van der Waals surface area contributed by atoms with Gasteiger partial charge in [0.25, 0.3) is 5.91 Å². The Morgan fingerprint density at radius 1 is 1.08 bits per heavy atom. The molecule has 6 heteroatoms. The maximum Gasteiger partial charge on any atom is 0.340 e. The molecule has 4 nitrogen and oxygen atoms in total. The molecule has 0 unspecified atom stereocenters. The van der Waals surface area contributed by atoms with Crippen molar-refractivity contribution < 1.29 is 14.3 Å². The zero-order valence-electron chi connectivity index (χ0n) is 14.2. The number of halogens is 2. The smallest absolute Gasteiger partial charge is 0.340 e. The second-order valence-corrected chi connectivity index (χ2v) is 6.68. The molecule has 1 amide bonds. The van der Waals surface area contributed by atoms with E-state index in [1.54, 1.807) is 6.07 Å². The molecule has 0 saturated carbocycles. The Balaban J connectivity index is 1.92. The van der Waals surface area contributed by atoms with Gasteiger partial charge in [-0.25, -0.2) is 4.79 Å². The van der Waals surface area contributed by atoms with Gasteiger partial charge < -0.3 is 10.1 Å². The molecule has 0 heterocycles. The monoisotopic (exact) mass is 379 g/mol. The number of ether oxygens (including phenoxy) is 1. The lowest BCUT2D eigenvalue weighted by Gasteiger charge is -2.16. The van der Waals surface area contributed by atoms with Crippen molar-refractivity contribution in [2.45, 2.75) is 26.8 Å². The molecule has 0 saturated heterocycles. The summed E-state index contributed by atoms with van der Waals surface area (Å²) in [5, 5.41) is 3.39. The molecule has 1 N–H and O–H groups in total. The Kier molecular flexibility index (Phi) is 6.45. The van der Waals surface area contributed by atoms with Crippen LogP contribution in [0.25, 0.3) is 0 Å². The molecule has 132 valence electrons. The van der Waals surface area contributed by atoms with Crippen LogP contribution in [-0.4, -0.2) is 18.5 Å². The van der Waals surface area contributed by atoms with Crippen LogP contribution in [0.5, 0.6) is 0 Å². The molecule has 0 aliphatic carbocycles. The van der Waals surface area contributed by atoms with Crippen LogP contribution in [0, 0.1) is 13.8 Å². The van der Waals surface area contributed by atoms with Gasteiger partial charge in [-0.05, 0) is 55.7 Å².